The van der Waals surface area contributed by atoms with Gasteiger partial charge < -0.3 is 19.7 Å². The standard InChI is InChI=1S/C27H25FO6/c1-33-24-11-10-17(12-25(24)34-16-23(30)20-8-4-5-9-21(20)28)22(29)15-27(26(31)32)13-18-6-2-3-7-19(18)14-27/h2-12,23,30H,13-16H2,1H3,(H,31,32). The summed E-state index contributed by atoms with van der Waals surface area (Å²) in [5.41, 5.74) is 1.05. The number of aliphatic hydroxyl groups excluding tert-OH is 1. The Morgan fingerprint density at radius 2 is 1.65 bits per heavy atom. The van der Waals surface area contributed by atoms with E-state index in [4.69, 9.17) is 9.47 Å². The molecule has 0 bridgehead atoms. The largest absolute Gasteiger partial charge is 0.493 e. The van der Waals surface area contributed by atoms with Gasteiger partial charge in [0.05, 0.1) is 12.5 Å². The lowest BCUT2D eigenvalue weighted by Gasteiger charge is -2.23. The van der Waals surface area contributed by atoms with Crippen molar-refractivity contribution < 1.29 is 33.7 Å². The first-order valence-electron chi connectivity index (χ1n) is 10.9. The van der Waals surface area contributed by atoms with Crippen molar-refractivity contribution in [1.82, 2.24) is 0 Å². The van der Waals surface area contributed by atoms with Crippen LogP contribution in [0.4, 0.5) is 4.39 Å². The van der Waals surface area contributed by atoms with Crippen LogP contribution >= 0.6 is 0 Å². The fraction of sp³-hybridized carbons (Fsp3) is 0.259. The van der Waals surface area contributed by atoms with Gasteiger partial charge in [-0.05, 0) is 48.2 Å². The summed E-state index contributed by atoms with van der Waals surface area (Å²) in [6.07, 6.45) is -0.810. The molecule has 2 N–H and O–H groups in total. The van der Waals surface area contributed by atoms with E-state index in [1.54, 1.807) is 18.2 Å². The fourth-order valence-corrected chi connectivity index (χ4v) is 4.42. The third-order valence-electron chi connectivity index (χ3n) is 6.28. The van der Waals surface area contributed by atoms with E-state index in [1.807, 2.05) is 24.3 Å². The van der Waals surface area contributed by atoms with Crippen LogP contribution < -0.4 is 9.47 Å². The highest BCUT2D eigenvalue weighted by Gasteiger charge is 2.45. The highest BCUT2D eigenvalue weighted by molar-refractivity contribution is 5.99. The molecule has 3 aromatic carbocycles. The van der Waals surface area contributed by atoms with Crippen LogP contribution in [0.5, 0.6) is 11.5 Å². The number of hydrogen-bond donors (Lipinski definition) is 2. The maximum Gasteiger partial charge on any atom is 0.310 e. The van der Waals surface area contributed by atoms with Gasteiger partial charge in [-0.3, -0.25) is 9.59 Å². The maximum absolute atomic E-state index is 13.9. The molecule has 7 heteroatoms. The van der Waals surface area contributed by atoms with Crippen molar-refractivity contribution in [2.24, 2.45) is 5.41 Å². The van der Waals surface area contributed by atoms with Crippen molar-refractivity contribution in [1.29, 1.82) is 0 Å². The van der Waals surface area contributed by atoms with Crippen molar-refractivity contribution >= 4 is 11.8 Å². The second kappa shape index (κ2) is 9.65. The molecule has 1 atom stereocenters. The molecule has 0 aromatic heterocycles. The Morgan fingerprint density at radius 1 is 1.00 bits per heavy atom. The number of methoxy groups -OCH3 is 1. The molecule has 0 saturated carbocycles. The average Bonchev–Trinajstić information content (AvgIpc) is 3.22. The molecule has 4 rings (SSSR count). The molecular formula is C27H25FO6. The van der Waals surface area contributed by atoms with Gasteiger partial charge in [-0.2, -0.15) is 0 Å². The summed E-state index contributed by atoms with van der Waals surface area (Å²) in [6, 6.07) is 17.9. The summed E-state index contributed by atoms with van der Waals surface area (Å²) in [5, 5.41) is 20.3. The number of hydrogen-bond acceptors (Lipinski definition) is 5. The Balaban J connectivity index is 1.52. The van der Waals surface area contributed by atoms with Crippen LogP contribution in [-0.4, -0.2) is 35.7 Å². The number of rotatable bonds is 9. The van der Waals surface area contributed by atoms with Gasteiger partial charge in [-0.25, -0.2) is 4.39 Å². The van der Waals surface area contributed by atoms with Crippen molar-refractivity contribution in [3.63, 3.8) is 0 Å². The zero-order valence-corrected chi connectivity index (χ0v) is 18.7. The minimum absolute atomic E-state index is 0.0953. The summed E-state index contributed by atoms with van der Waals surface area (Å²) in [4.78, 5) is 25.4. The highest BCUT2D eigenvalue weighted by Crippen LogP contribution is 2.41. The van der Waals surface area contributed by atoms with Crippen LogP contribution in [-0.2, 0) is 17.6 Å². The molecular weight excluding hydrogens is 439 g/mol. The first-order chi connectivity index (χ1) is 16.3. The van der Waals surface area contributed by atoms with Crippen LogP contribution in [0.15, 0.2) is 66.7 Å². The number of benzene rings is 3. The van der Waals surface area contributed by atoms with Gasteiger partial charge in [0.15, 0.2) is 17.3 Å². The van der Waals surface area contributed by atoms with E-state index in [2.05, 4.69) is 0 Å². The fourth-order valence-electron chi connectivity index (χ4n) is 4.42. The van der Waals surface area contributed by atoms with Crippen molar-refractivity contribution in [3.8, 4) is 11.5 Å². The zero-order valence-electron chi connectivity index (χ0n) is 18.7. The molecule has 0 heterocycles. The molecule has 0 aliphatic heterocycles. The van der Waals surface area contributed by atoms with Gasteiger partial charge in [0.25, 0.3) is 0 Å². The van der Waals surface area contributed by atoms with E-state index in [1.165, 1.54) is 31.4 Å². The normalized spacial score (nSPS) is 14.8. The summed E-state index contributed by atoms with van der Waals surface area (Å²) in [6.45, 7) is -0.261. The van der Waals surface area contributed by atoms with Gasteiger partial charge in [-0.1, -0.05) is 42.5 Å². The molecule has 1 aliphatic rings. The molecule has 1 aliphatic carbocycles. The highest BCUT2D eigenvalue weighted by atomic mass is 19.1. The van der Waals surface area contributed by atoms with Crippen molar-refractivity contribution in [3.05, 3.63) is 94.8 Å². The lowest BCUT2D eigenvalue weighted by atomic mass is 9.79. The van der Waals surface area contributed by atoms with Crippen LogP contribution in [0.25, 0.3) is 0 Å². The molecule has 3 aromatic rings. The number of carbonyl (C=O) groups is 2. The number of carbonyl (C=O) groups excluding carboxylic acids is 1. The Bertz CT molecular complexity index is 1200. The van der Waals surface area contributed by atoms with E-state index in [0.29, 0.717) is 18.6 Å². The number of carboxylic acid groups (broad SMARTS) is 1. The third kappa shape index (κ3) is 4.65. The molecule has 0 radical (unpaired) electrons. The van der Waals surface area contributed by atoms with E-state index >= 15 is 0 Å². The number of halogens is 1. The van der Waals surface area contributed by atoms with Gasteiger partial charge in [0.1, 0.15) is 18.5 Å². The molecule has 0 amide bonds. The summed E-state index contributed by atoms with van der Waals surface area (Å²) < 4.78 is 24.9. The number of aliphatic carboxylic acids is 1. The van der Waals surface area contributed by atoms with Crippen molar-refractivity contribution in [2.75, 3.05) is 13.7 Å². The van der Waals surface area contributed by atoms with Crippen LogP contribution in [0.1, 0.15) is 39.6 Å². The van der Waals surface area contributed by atoms with E-state index in [9.17, 15) is 24.2 Å². The number of ether oxygens (including phenoxy) is 2. The zero-order chi connectivity index (χ0) is 24.3. The van der Waals surface area contributed by atoms with Gasteiger partial charge >= 0.3 is 5.97 Å². The predicted octanol–water partition coefficient (Wildman–Crippen LogP) is 4.39. The van der Waals surface area contributed by atoms with Gasteiger partial charge in [-0.15, -0.1) is 0 Å². The molecule has 6 nitrogen and oxygen atoms in total. The lowest BCUT2D eigenvalue weighted by Crippen LogP contribution is -2.34. The molecule has 34 heavy (non-hydrogen) atoms. The van der Waals surface area contributed by atoms with Crippen LogP contribution in [0.2, 0.25) is 0 Å². The van der Waals surface area contributed by atoms with E-state index in [0.717, 1.165) is 11.1 Å². The second-order valence-electron chi connectivity index (χ2n) is 8.52. The third-order valence-corrected chi connectivity index (χ3v) is 6.28. The summed E-state index contributed by atoms with van der Waals surface area (Å²) in [7, 11) is 1.44. The Hall–Kier alpha value is -3.71. The molecule has 0 spiro atoms. The van der Waals surface area contributed by atoms with E-state index < -0.39 is 23.3 Å². The minimum Gasteiger partial charge on any atom is -0.493 e. The Kier molecular flexibility index (Phi) is 6.65. The Labute approximate surface area is 196 Å². The Morgan fingerprint density at radius 3 is 2.26 bits per heavy atom. The molecule has 176 valence electrons. The van der Waals surface area contributed by atoms with Crippen molar-refractivity contribution in [2.45, 2.75) is 25.4 Å². The quantitative estimate of drug-likeness (QED) is 0.457. The monoisotopic (exact) mass is 464 g/mol. The van der Waals surface area contributed by atoms with E-state index in [-0.39, 0.29) is 35.7 Å². The predicted molar refractivity (Wildman–Crippen MR) is 123 cm³/mol. The first kappa shape index (κ1) is 23.4. The molecule has 0 fully saturated rings. The van der Waals surface area contributed by atoms with Crippen LogP contribution in [0, 0.1) is 11.2 Å². The number of Topliss-reactive ketones (excluding diaryl/α,β-unsaturated/α-hetero) is 1. The van der Waals surface area contributed by atoms with Gasteiger partial charge in [0.2, 0.25) is 0 Å². The summed E-state index contributed by atoms with van der Waals surface area (Å²) >= 11 is 0. The first-order valence-corrected chi connectivity index (χ1v) is 10.9. The topological polar surface area (TPSA) is 93.1 Å². The summed E-state index contributed by atoms with van der Waals surface area (Å²) in [5.74, 6) is -1.36. The second-order valence-corrected chi connectivity index (χ2v) is 8.52. The van der Waals surface area contributed by atoms with Crippen LogP contribution in [0.3, 0.4) is 0 Å². The number of ketones is 1. The minimum atomic E-state index is -1.22. The van der Waals surface area contributed by atoms with Gasteiger partial charge in [0, 0.05) is 17.5 Å². The number of aliphatic hydroxyl groups is 1. The number of carboxylic acids is 1. The smallest absolute Gasteiger partial charge is 0.310 e. The average molecular weight is 464 g/mol. The SMILES string of the molecule is COc1ccc(C(=O)CC2(C(=O)O)Cc3ccccc3C2)cc1OCC(O)c1ccccc1F. The number of fused-ring (bicyclic) bond motifs is 1. The lowest BCUT2D eigenvalue weighted by molar-refractivity contribution is -0.148. The maximum atomic E-state index is 13.9. The molecule has 0 saturated heterocycles. The molecule has 1 unspecified atom stereocenters.